The summed E-state index contributed by atoms with van der Waals surface area (Å²) in [5.41, 5.74) is 1.98. The molecule has 2 saturated carbocycles. The van der Waals surface area contributed by atoms with Gasteiger partial charge < -0.3 is 9.64 Å². The lowest BCUT2D eigenvalue weighted by molar-refractivity contribution is -0.237. The first-order valence-electron chi connectivity index (χ1n) is 12.0. The summed E-state index contributed by atoms with van der Waals surface area (Å²) in [4.78, 5) is 16.4. The van der Waals surface area contributed by atoms with Crippen molar-refractivity contribution in [2.75, 3.05) is 6.61 Å². The number of rotatable bonds is 2. The first-order chi connectivity index (χ1) is 15.3. The van der Waals surface area contributed by atoms with Crippen molar-refractivity contribution in [3.63, 3.8) is 0 Å². The molecule has 0 radical (unpaired) electrons. The number of nitrogens with zero attached hydrogens (tertiary/aromatic N) is 1. The van der Waals surface area contributed by atoms with Gasteiger partial charge in [-0.05, 0) is 49.0 Å². The smallest absolute Gasteiger partial charge is 0.228 e. The lowest BCUT2D eigenvalue weighted by Crippen LogP contribution is -2.61. The second-order valence-electron chi connectivity index (χ2n) is 10.3. The molecule has 31 heavy (non-hydrogen) atoms. The van der Waals surface area contributed by atoms with E-state index in [-0.39, 0.29) is 11.8 Å². The van der Waals surface area contributed by atoms with Crippen molar-refractivity contribution in [2.24, 2.45) is 29.6 Å². The minimum Gasteiger partial charge on any atom is -0.350 e. The van der Waals surface area contributed by atoms with Crippen molar-refractivity contribution in [2.45, 2.75) is 43.4 Å². The first kappa shape index (κ1) is 18.2. The van der Waals surface area contributed by atoms with Gasteiger partial charge in [-0.3, -0.25) is 4.79 Å². The summed E-state index contributed by atoms with van der Waals surface area (Å²) in [6.07, 6.45) is 9.07. The maximum absolute atomic E-state index is 14.2. The van der Waals surface area contributed by atoms with E-state index in [4.69, 9.17) is 4.74 Å². The zero-order chi connectivity index (χ0) is 20.6. The molecule has 1 amide bonds. The van der Waals surface area contributed by atoms with Gasteiger partial charge in [-0.25, -0.2) is 0 Å². The second-order valence-corrected chi connectivity index (χ2v) is 10.3. The first-order valence-corrected chi connectivity index (χ1v) is 12.0. The molecule has 5 aliphatic rings. The molecule has 7 rings (SSSR count). The zero-order valence-electron chi connectivity index (χ0n) is 17.8. The molecule has 0 N–H and O–H groups in total. The molecule has 2 bridgehead atoms. The monoisotopic (exact) mass is 411 g/mol. The molecular formula is C28H29NO2. The standard InChI is InChI=1S/C28H29NO2/c30-27-23-16-19(18-7-3-1-4-8-18)13-14-25(23)28(22-9-5-2-6-10-22)29(27)26-21-12-11-20(15-21)24(26)17-31-28/h1-12,19-21,23-26H,13-17H2/t19-,20+,21-,23+,24-,25-,26+,28-/m0/s1. The third kappa shape index (κ3) is 2.36. The summed E-state index contributed by atoms with van der Waals surface area (Å²) in [7, 11) is 0. The quantitative estimate of drug-likeness (QED) is 0.643. The molecule has 2 aromatic rings. The predicted octanol–water partition coefficient (Wildman–Crippen LogP) is 5.10. The van der Waals surface area contributed by atoms with Crippen molar-refractivity contribution >= 4 is 5.91 Å². The molecule has 2 heterocycles. The molecule has 2 aliphatic heterocycles. The van der Waals surface area contributed by atoms with Gasteiger partial charge in [0.15, 0.2) is 5.72 Å². The fourth-order valence-corrected chi connectivity index (χ4v) is 7.85. The van der Waals surface area contributed by atoms with E-state index in [2.05, 4.69) is 77.7 Å². The van der Waals surface area contributed by atoms with Crippen LogP contribution in [0.25, 0.3) is 0 Å². The Labute approximate surface area is 184 Å². The SMILES string of the molecule is O=C1[C@@H]2C[C@@H](c3ccccc3)CC[C@@H]2[C@]2(c3ccccc3)OC[C@@H]3[C@@H]([C@H]4C=C[C@@H]3C4)N12. The average molecular weight is 412 g/mol. The van der Waals surface area contributed by atoms with Gasteiger partial charge in [0.25, 0.3) is 0 Å². The molecule has 0 spiro atoms. The van der Waals surface area contributed by atoms with E-state index in [1.54, 1.807) is 0 Å². The largest absolute Gasteiger partial charge is 0.350 e. The Morgan fingerprint density at radius 3 is 2.42 bits per heavy atom. The molecule has 3 aliphatic carbocycles. The maximum atomic E-state index is 14.2. The van der Waals surface area contributed by atoms with Crippen LogP contribution in [0.15, 0.2) is 72.8 Å². The highest BCUT2D eigenvalue weighted by molar-refractivity contribution is 5.84. The fraction of sp³-hybridized carbons (Fsp3) is 0.464. The molecule has 8 atom stereocenters. The van der Waals surface area contributed by atoms with Gasteiger partial charge in [-0.15, -0.1) is 0 Å². The molecule has 158 valence electrons. The fourth-order valence-electron chi connectivity index (χ4n) is 7.85. The summed E-state index contributed by atoms with van der Waals surface area (Å²) in [5.74, 6) is 2.65. The summed E-state index contributed by atoms with van der Waals surface area (Å²) in [6, 6.07) is 21.8. The van der Waals surface area contributed by atoms with E-state index in [1.807, 2.05) is 0 Å². The highest BCUT2D eigenvalue weighted by atomic mass is 16.5. The average Bonchev–Trinajstić information content (AvgIpc) is 3.52. The van der Waals surface area contributed by atoms with Crippen LogP contribution in [0.5, 0.6) is 0 Å². The van der Waals surface area contributed by atoms with Crippen LogP contribution in [0, 0.1) is 29.6 Å². The Morgan fingerprint density at radius 1 is 0.871 bits per heavy atom. The van der Waals surface area contributed by atoms with Crippen LogP contribution < -0.4 is 0 Å². The van der Waals surface area contributed by atoms with Gasteiger partial charge in [0, 0.05) is 29.4 Å². The van der Waals surface area contributed by atoms with Crippen LogP contribution in [0.2, 0.25) is 0 Å². The summed E-state index contributed by atoms with van der Waals surface area (Å²) in [5, 5.41) is 0. The van der Waals surface area contributed by atoms with E-state index in [9.17, 15) is 4.79 Å². The van der Waals surface area contributed by atoms with Crippen LogP contribution in [-0.4, -0.2) is 23.5 Å². The Bertz CT molecular complexity index is 1030. The number of ether oxygens (including phenoxy) is 1. The highest BCUT2D eigenvalue weighted by Crippen LogP contribution is 2.62. The number of carbonyl (C=O) groups is 1. The van der Waals surface area contributed by atoms with Gasteiger partial charge in [0.1, 0.15) is 0 Å². The topological polar surface area (TPSA) is 29.5 Å². The van der Waals surface area contributed by atoms with Crippen LogP contribution in [-0.2, 0) is 15.3 Å². The molecule has 0 aromatic heterocycles. The minimum atomic E-state index is -0.579. The van der Waals surface area contributed by atoms with Crippen LogP contribution in [0.4, 0.5) is 0 Å². The van der Waals surface area contributed by atoms with E-state index in [1.165, 1.54) is 17.5 Å². The van der Waals surface area contributed by atoms with E-state index < -0.39 is 5.72 Å². The van der Waals surface area contributed by atoms with Crippen molar-refractivity contribution in [1.82, 2.24) is 4.90 Å². The van der Waals surface area contributed by atoms with Gasteiger partial charge >= 0.3 is 0 Å². The van der Waals surface area contributed by atoms with Crippen LogP contribution in [0.3, 0.4) is 0 Å². The Balaban J connectivity index is 1.33. The predicted molar refractivity (Wildman–Crippen MR) is 119 cm³/mol. The zero-order valence-corrected chi connectivity index (χ0v) is 17.8. The summed E-state index contributed by atoms with van der Waals surface area (Å²) < 4.78 is 6.89. The molecule has 3 nitrogen and oxygen atoms in total. The molecular weight excluding hydrogens is 382 g/mol. The number of amides is 1. The Morgan fingerprint density at radius 2 is 1.61 bits per heavy atom. The lowest BCUT2D eigenvalue weighted by atomic mass is 9.68. The lowest BCUT2D eigenvalue weighted by Gasteiger charge is -2.53. The van der Waals surface area contributed by atoms with Crippen molar-refractivity contribution in [3.8, 4) is 0 Å². The van der Waals surface area contributed by atoms with Crippen molar-refractivity contribution < 1.29 is 9.53 Å². The number of allylic oxidation sites excluding steroid dienone is 1. The Kier molecular flexibility index (Phi) is 3.85. The van der Waals surface area contributed by atoms with Gasteiger partial charge in [0.05, 0.1) is 6.61 Å². The number of benzene rings is 2. The van der Waals surface area contributed by atoms with Crippen LogP contribution in [0.1, 0.15) is 42.7 Å². The number of hydrogen-bond donors (Lipinski definition) is 0. The normalized spacial score (nSPS) is 42.4. The van der Waals surface area contributed by atoms with Gasteiger partial charge in [-0.2, -0.15) is 0 Å². The van der Waals surface area contributed by atoms with E-state index in [0.29, 0.717) is 35.6 Å². The van der Waals surface area contributed by atoms with Crippen molar-refractivity contribution in [3.05, 3.63) is 83.9 Å². The van der Waals surface area contributed by atoms with E-state index >= 15 is 0 Å². The third-order valence-electron chi connectivity index (χ3n) is 9.09. The Hall–Kier alpha value is -2.39. The third-order valence-corrected chi connectivity index (χ3v) is 9.09. The number of hydrogen-bond acceptors (Lipinski definition) is 2. The molecule has 3 heteroatoms. The summed E-state index contributed by atoms with van der Waals surface area (Å²) in [6.45, 7) is 0.778. The van der Waals surface area contributed by atoms with E-state index in [0.717, 1.165) is 25.9 Å². The number of carbonyl (C=O) groups excluding carboxylic acids is 1. The molecule has 0 unspecified atom stereocenters. The molecule has 2 saturated heterocycles. The maximum Gasteiger partial charge on any atom is 0.228 e. The molecule has 4 fully saturated rings. The van der Waals surface area contributed by atoms with Gasteiger partial charge in [-0.1, -0.05) is 72.8 Å². The second kappa shape index (κ2) is 6.56. The molecule has 2 aromatic carbocycles. The summed E-state index contributed by atoms with van der Waals surface area (Å²) >= 11 is 0. The van der Waals surface area contributed by atoms with Crippen LogP contribution >= 0.6 is 0 Å². The van der Waals surface area contributed by atoms with Crippen molar-refractivity contribution in [1.29, 1.82) is 0 Å². The highest BCUT2D eigenvalue weighted by Gasteiger charge is 2.68. The number of fused-ring (bicyclic) bond motifs is 9. The minimum absolute atomic E-state index is 0.0565. The van der Waals surface area contributed by atoms with Gasteiger partial charge in [0.2, 0.25) is 5.91 Å².